The van der Waals surface area contributed by atoms with Crippen LogP contribution in [0.3, 0.4) is 0 Å². The molecule has 1 atom stereocenters. The van der Waals surface area contributed by atoms with Gasteiger partial charge in [-0.1, -0.05) is 6.08 Å². The number of ether oxygens (including phenoxy) is 1. The normalized spacial score (nSPS) is 11.7. The summed E-state index contributed by atoms with van der Waals surface area (Å²) in [7, 11) is 0. The molecule has 0 heterocycles. The summed E-state index contributed by atoms with van der Waals surface area (Å²) in [5, 5.41) is 6.88. The Morgan fingerprint density at radius 2 is 2.45 bits per heavy atom. The van der Waals surface area contributed by atoms with Crippen molar-refractivity contribution in [3.05, 3.63) is 12.7 Å². The molecule has 0 aromatic carbocycles. The highest BCUT2D eigenvalue weighted by Crippen LogP contribution is 2.01. The Kier molecular flexibility index (Phi) is 5.07. The highest BCUT2D eigenvalue weighted by molar-refractivity contribution is 5.75. The summed E-state index contributed by atoms with van der Waals surface area (Å²) in [6, 6.07) is 0. The molecule has 62 valence electrons. The minimum absolute atomic E-state index is 0.186. The van der Waals surface area contributed by atoms with Crippen LogP contribution in [0.1, 0.15) is 13.3 Å². The van der Waals surface area contributed by atoms with E-state index in [0.29, 0.717) is 6.61 Å². The van der Waals surface area contributed by atoms with Crippen molar-refractivity contribution in [3.63, 3.8) is 0 Å². The van der Waals surface area contributed by atoms with Gasteiger partial charge >= 0.3 is 5.97 Å². The van der Waals surface area contributed by atoms with E-state index in [4.69, 9.17) is 5.41 Å². The predicted molar refractivity (Wildman–Crippen MR) is 43.7 cm³/mol. The smallest absolute Gasteiger partial charge is 0.306 e. The Hall–Kier alpha value is -1.12. The summed E-state index contributed by atoms with van der Waals surface area (Å²) in [4.78, 5) is 10.8. The number of carbonyl (C=O) groups is 1. The lowest BCUT2D eigenvalue weighted by atomic mass is 10.1. The van der Waals surface area contributed by atoms with E-state index < -0.39 is 0 Å². The zero-order valence-electron chi connectivity index (χ0n) is 6.67. The maximum Gasteiger partial charge on any atom is 0.306 e. The zero-order chi connectivity index (χ0) is 8.69. The number of rotatable bonds is 5. The first-order chi connectivity index (χ1) is 5.24. The van der Waals surface area contributed by atoms with E-state index in [1.54, 1.807) is 13.0 Å². The minimum atomic E-state index is -0.277. The molecule has 0 aliphatic carbocycles. The van der Waals surface area contributed by atoms with Crippen LogP contribution in [0.25, 0.3) is 0 Å². The van der Waals surface area contributed by atoms with E-state index in [1.165, 1.54) is 6.21 Å². The summed E-state index contributed by atoms with van der Waals surface area (Å²) in [6.45, 7) is 5.63. The SMILES string of the molecule is C=CC(C=N)CC(=O)OCC. The van der Waals surface area contributed by atoms with Crippen LogP contribution < -0.4 is 0 Å². The van der Waals surface area contributed by atoms with E-state index in [-0.39, 0.29) is 18.3 Å². The molecule has 0 aromatic heterocycles. The first-order valence-corrected chi connectivity index (χ1v) is 3.53. The fourth-order valence-electron chi connectivity index (χ4n) is 0.623. The van der Waals surface area contributed by atoms with Gasteiger partial charge in [-0.05, 0) is 6.92 Å². The van der Waals surface area contributed by atoms with Crippen LogP contribution in [0, 0.1) is 11.3 Å². The van der Waals surface area contributed by atoms with E-state index >= 15 is 0 Å². The number of hydrogen-bond donors (Lipinski definition) is 1. The maximum absolute atomic E-state index is 10.8. The van der Waals surface area contributed by atoms with Gasteiger partial charge in [-0.3, -0.25) is 4.79 Å². The van der Waals surface area contributed by atoms with Gasteiger partial charge in [0.2, 0.25) is 0 Å². The van der Waals surface area contributed by atoms with Crippen molar-refractivity contribution >= 4 is 12.2 Å². The molecule has 0 bridgehead atoms. The summed E-state index contributed by atoms with van der Waals surface area (Å²) in [6.07, 6.45) is 2.97. The van der Waals surface area contributed by atoms with Crippen molar-refractivity contribution in [1.82, 2.24) is 0 Å². The van der Waals surface area contributed by atoms with Crippen LogP contribution in [-0.4, -0.2) is 18.8 Å². The fourth-order valence-corrected chi connectivity index (χ4v) is 0.623. The standard InChI is InChI=1S/C8H13NO2/c1-3-7(6-9)5-8(10)11-4-2/h3,6-7,9H,1,4-5H2,2H3. The Morgan fingerprint density at radius 1 is 1.82 bits per heavy atom. The molecule has 0 aliphatic rings. The molecule has 0 rings (SSSR count). The van der Waals surface area contributed by atoms with Gasteiger partial charge in [0.05, 0.1) is 13.0 Å². The molecule has 3 nitrogen and oxygen atoms in total. The summed E-state index contributed by atoms with van der Waals surface area (Å²) in [5.74, 6) is -0.463. The van der Waals surface area contributed by atoms with Crippen LogP contribution in [0.5, 0.6) is 0 Å². The minimum Gasteiger partial charge on any atom is -0.466 e. The number of esters is 1. The van der Waals surface area contributed by atoms with E-state index in [9.17, 15) is 4.79 Å². The quantitative estimate of drug-likeness (QED) is 0.370. The first kappa shape index (κ1) is 9.88. The van der Waals surface area contributed by atoms with Crippen molar-refractivity contribution < 1.29 is 9.53 Å². The largest absolute Gasteiger partial charge is 0.466 e. The molecule has 0 fully saturated rings. The van der Waals surface area contributed by atoms with Crippen LogP contribution in [0.4, 0.5) is 0 Å². The highest BCUT2D eigenvalue weighted by atomic mass is 16.5. The molecular formula is C8H13NO2. The number of hydrogen-bond acceptors (Lipinski definition) is 3. The van der Waals surface area contributed by atoms with Crippen molar-refractivity contribution in [2.24, 2.45) is 5.92 Å². The average molecular weight is 155 g/mol. The topological polar surface area (TPSA) is 50.2 Å². The van der Waals surface area contributed by atoms with Crippen LogP contribution in [0.15, 0.2) is 12.7 Å². The van der Waals surface area contributed by atoms with Gasteiger partial charge in [-0.15, -0.1) is 6.58 Å². The Morgan fingerprint density at radius 3 is 2.82 bits per heavy atom. The van der Waals surface area contributed by atoms with Gasteiger partial charge in [0.25, 0.3) is 0 Å². The van der Waals surface area contributed by atoms with Crippen LogP contribution in [-0.2, 0) is 9.53 Å². The molecule has 0 radical (unpaired) electrons. The van der Waals surface area contributed by atoms with Crippen molar-refractivity contribution in [1.29, 1.82) is 5.41 Å². The van der Waals surface area contributed by atoms with Gasteiger partial charge in [0.1, 0.15) is 0 Å². The summed E-state index contributed by atoms with van der Waals surface area (Å²) < 4.78 is 4.69. The molecule has 0 aromatic rings. The van der Waals surface area contributed by atoms with Crippen molar-refractivity contribution in [2.75, 3.05) is 6.61 Å². The predicted octanol–water partition coefficient (Wildman–Crippen LogP) is 1.39. The maximum atomic E-state index is 10.8. The third kappa shape index (κ3) is 4.31. The number of nitrogens with one attached hydrogen (secondary N) is 1. The molecular weight excluding hydrogens is 142 g/mol. The molecule has 0 saturated heterocycles. The fraction of sp³-hybridized carbons (Fsp3) is 0.500. The number of carbonyl (C=O) groups excluding carboxylic acids is 1. The summed E-state index contributed by atoms with van der Waals surface area (Å²) >= 11 is 0. The zero-order valence-corrected chi connectivity index (χ0v) is 6.67. The molecule has 0 amide bonds. The second-order valence-electron chi connectivity index (χ2n) is 2.08. The van der Waals surface area contributed by atoms with Crippen LogP contribution in [0.2, 0.25) is 0 Å². The second kappa shape index (κ2) is 5.65. The lowest BCUT2D eigenvalue weighted by molar-refractivity contribution is -0.143. The number of allylic oxidation sites excluding steroid dienone is 1. The average Bonchev–Trinajstić information content (AvgIpc) is 2.01. The molecule has 0 aliphatic heterocycles. The third-order valence-corrected chi connectivity index (χ3v) is 1.22. The molecule has 0 saturated carbocycles. The van der Waals surface area contributed by atoms with Gasteiger partial charge in [-0.25, -0.2) is 0 Å². The van der Waals surface area contributed by atoms with E-state index in [0.717, 1.165) is 0 Å². The molecule has 1 unspecified atom stereocenters. The van der Waals surface area contributed by atoms with Crippen molar-refractivity contribution in [2.45, 2.75) is 13.3 Å². The Bertz CT molecular complexity index is 146. The van der Waals surface area contributed by atoms with Gasteiger partial charge in [-0.2, -0.15) is 0 Å². The van der Waals surface area contributed by atoms with Gasteiger partial charge in [0, 0.05) is 12.1 Å². The van der Waals surface area contributed by atoms with Crippen molar-refractivity contribution in [3.8, 4) is 0 Å². The second-order valence-corrected chi connectivity index (χ2v) is 2.08. The monoisotopic (exact) mass is 155 g/mol. The third-order valence-electron chi connectivity index (χ3n) is 1.22. The van der Waals surface area contributed by atoms with Gasteiger partial charge in [0.15, 0.2) is 0 Å². The Labute approximate surface area is 66.6 Å². The van der Waals surface area contributed by atoms with Gasteiger partial charge < -0.3 is 10.1 Å². The highest BCUT2D eigenvalue weighted by Gasteiger charge is 2.07. The first-order valence-electron chi connectivity index (χ1n) is 3.53. The molecule has 1 N–H and O–H groups in total. The van der Waals surface area contributed by atoms with E-state index in [1.807, 2.05) is 0 Å². The lowest BCUT2D eigenvalue weighted by Crippen LogP contribution is -2.10. The summed E-state index contributed by atoms with van der Waals surface area (Å²) in [5.41, 5.74) is 0. The molecule has 11 heavy (non-hydrogen) atoms. The molecule has 3 heteroatoms. The van der Waals surface area contributed by atoms with E-state index in [2.05, 4.69) is 11.3 Å². The lowest BCUT2D eigenvalue weighted by Gasteiger charge is -2.04. The molecule has 0 spiro atoms. The Balaban J connectivity index is 3.71. The van der Waals surface area contributed by atoms with Crippen LogP contribution >= 0.6 is 0 Å².